The van der Waals surface area contributed by atoms with Crippen molar-refractivity contribution in [2.45, 2.75) is 10.9 Å². The maximum absolute atomic E-state index is 8.56. The van der Waals surface area contributed by atoms with Gasteiger partial charge in [0.05, 0.1) is 23.5 Å². The Labute approximate surface area is 108 Å². The minimum absolute atomic E-state index is 0.0277. The molecule has 5 nitrogen and oxygen atoms in total. The molecule has 0 saturated carbocycles. The summed E-state index contributed by atoms with van der Waals surface area (Å²) in [6, 6.07) is 11.0. The van der Waals surface area contributed by atoms with E-state index < -0.39 is 0 Å². The topological polar surface area (TPSA) is 81.8 Å². The van der Waals surface area contributed by atoms with Gasteiger partial charge in [0.1, 0.15) is 6.61 Å². The molecular formula is C11H11BrN4O. The standard InChI is InChI=1S/C11H11BrN4O/c12-10(8-17-7-6-13)11(15-16-14)9-4-2-1-3-5-9/h1-5,10-11H,7-8H2/t10-,11+/m0/s1. The van der Waals surface area contributed by atoms with Gasteiger partial charge in [0.25, 0.3) is 0 Å². The van der Waals surface area contributed by atoms with E-state index in [0.29, 0.717) is 6.61 Å². The Bertz CT molecular complexity index is 425. The van der Waals surface area contributed by atoms with Crippen molar-refractivity contribution in [1.82, 2.24) is 0 Å². The normalized spacial score (nSPS) is 13.2. The van der Waals surface area contributed by atoms with Gasteiger partial charge in [-0.05, 0) is 11.1 Å². The molecule has 1 aromatic carbocycles. The molecule has 0 amide bonds. The molecule has 0 spiro atoms. The minimum atomic E-state index is -0.347. The van der Waals surface area contributed by atoms with Gasteiger partial charge in [0, 0.05) is 4.91 Å². The highest BCUT2D eigenvalue weighted by Crippen LogP contribution is 2.26. The lowest BCUT2D eigenvalue weighted by Gasteiger charge is -2.17. The lowest BCUT2D eigenvalue weighted by Crippen LogP contribution is -2.17. The maximum Gasteiger partial charge on any atom is 0.133 e. The summed E-state index contributed by atoms with van der Waals surface area (Å²) in [5, 5.41) is 12.1. The quantitative estimate of drug-likeness (QED) is 0.265. The van der Waals surface area contributed by atoms with Crippen molar-refractivity contribution in [2.75, 3.05) is 13.2 Å². The van der Waals surface area contributed by atoms with Gasteiger partial charge < -0.3 is 4.74 Å². The molecule has 0 aromatic heterocycles. The number of hydrogen-bond donors (Lipinski definition) is 0. The van der Waals surface area contributed by atoms with Gasteiger partial charge in [0.15, 0.2) is 0 Å². The molecule has 0 saturated heterocycles. The van der Waals surface area contributed by atoms with Crippen LogP contribution in [0.4, 0.5) is 0 Å². The molecule has 0 radical (unpaired) electrons. The van der Waals surface area contributed by atoms with Crippen LogP contribution in [-0.4, -0.2) is 18.0 Å². The van der Waals surface area contributed by atoms with Gasteiger partial charge in [0.2, 0.25) is 0 Å². The third kappa shape index (κ3) is 4.45. The summed E-state index contributed by atoms with van der Waals surface area (Å²) in [5.74, 6) is 0. The van der Waals surface area contributed by atoms with Gasteiger partial charge in [-0.15, -0.1) is 0 Å². The molecular weight excluding hydrogens is 284 g/mol. The Kier molecular flexibility index (Phi) is 6.12. The molecule has 0 aliphatic heterocycles. The zero-order valence-electron chi connectivity index (χ0n) is 9.03. The van der Waals surface area contributed by atoms with Crippen LogP contribution in [0.25, 0.3) is 10.4 Å². The Morgan fingerprint density at radius 1 is 1.47 bits per heavy atom. The molecule has 0 heterocycles. The summed E-state index contributed by atoms with van der Waals surface area (Å²) in [7, 11) is 0. The highest BCUT2D eigenvalue weighted by atomic mass is 79.9. The van der Waals surface area contributed by atoms with Crippen LogP contribution in [0.5, 0.6) is 0 Å². The van der Waals surface area contributed by atoms with Gasteiger partial charge in [-0.3, -0.25) is 0 Å². The van der Waals surface area contributed by atoms with Crippen LogP contribution in [0.1, 0.15) is 11.6 Å². The van der Waals surface area contributed by atoms with Crippen molar-refractivity contribution in [3.05, 3.63) is 46.3 Å². The van der Waals surface area contributed by atoms with E-state index in [2.05, 4.69) is 26.0 Å². The molecule has 0 N–H and O–H groups in total. The predicted octanol–water partition coefficient (Wildman–Crippen LogP) is 3.34. The Morgan fingerprint density at radius 2 is 2.18 bits per heavy atom. The van der Waals surface area contributed by atoms with Crippen LogP contribution in [-0.2, 0) is 4.74 Å². The van der Waals surface area contributed by atoms with Crippen LogP contribution in [0.15, 0.2) is 35.4 Å². The number of nitriles is 1. The van der Waals surface area contributed by atoms with Gasteiger partial charge in [-0.2, -0.15) is 5.26 Å². The average Bonchev–Trinajstić information content (AvgIpc) is 2.37. The van der Waals surface area contributed by atoms with Crippen molar-refractivity contribution >= 4 is 15.9 Å². The molecule has 88 valence electrons. The lowest BCUT2D eigenvalue weighted by molar-refractivity contribution is 0.163. The number of rotatable bonds is 6. The summed E-state index contributed by atoms with van der Waals surface area (Å²) < 4.78 is 5.10. The fourth-order valence-corrected chi connectivity index (χ4v) is 1.96. The minimum Gasteiger partial charge on any atom is -0.365 e. The summed E-state index contributed by atoms with van der Waals surface area (Å²) in [6.45, 7) is 0.339. The van der Waals surface area contributed by atoms with E-state index in [4.69, 9.17) is 15.5 Å². The Hall–Kier alpha value is -1.54. The highest BCUT2D eigenvalue weighted by Gasteiger charge is 2.19. The molecule has 1 rings (SSSR count). The first-order valence-electron chi connectivity index (χ1n) is 4.97. The van der Waals surface area contributed by atoms with Gasteiger partial charge in [-0.25, -0.2) is 0 Å². The van der Waals surface area contributed by atoms with E-state index in [1.165, 1.54) is 0 Å². The number of halogens is 1. The first-order valence-corrected chi connectivity index (χ1v) is 5.89. The van der Waals surface area contributed by atoms with Crippen LogP contribution < -0.4 is 0 Å². The number of benzene rings is 1. The van der Waals surface area contributed by atoms with E-state index in [1.807, 2.05) is 36.4 Å². The third-order valence-corrected chi connectivity index (χ3v) is 2.87. The molecule has 0 aliphatic rings. The first-order chi connectivity index (χ1) is 8.29. The highest BCUT2D eigenvalue weighted by molar-refractivity contribution is 9.09. The van der Waals surface area contributed by atoms with E-state index >= 15 is 0 Å². The summed E-state index contributed by atoms with van der Waals surface area (Å²) in [5.41, 5.74) is 9.47. The monoisotopic (exact) mass is 294 g/mol. The number of nitrogens with zero attached hydrogens (tertiary/aromatic N) is 4. The van der Waals surface area contributed by atoms with Gasteiger partial charge in [-0.1, -0.05) is 51.4 Å². The summed E-state index contributed by atoms with van der Waals surface area (Å²) >= 11 is 3.41. The van der Waals surface area contributed by atoms with E-state index in [1.54, 1.807) is 0 Å². The van der Waals surface area contributed by atoms with E-state index in [9.17, 15) is 0 Å². The molecule has 6 heteroatoms. The molecule has 0 aliphatic carbocycles. The first kappa shape index (κ1) is 13.5. The third-order valence-electron chi connectivity index (χ3n) is 2.10. The molecule has 0 bridgehead atoms. The van der Waals surface area contributed by atoms with Gasteiger partial charge >= 0.3 is 0 Å². The largest absolute Gasteiger partial charge is 0.365 e. The second kappa shape index (κ2) is 7.69. The zero-order chi connectivity index (χ0) is 12.5. The molecule has 2 atom stereocenters. The maximum atomic E-state index is 8.56. The average molecular weight is 295 g/mol. The summed E-state index contributed by atoms with van der Waals surface area (Å²) in [6.07, 6.45) is 0. The molecule has 0 unspecified atom stereocenters. The predicted molar refractivity (Wildman–Crippen MR) is 67.5 cm³/mol. The van der Waals surface area contributed by atoms with E-state index in [-0.39, 0.29) is 17.5 Å². The zero-order valence-corrected chi connectivity index (χ0v) is 10.6. The summed E-state index contributed by atoms with van der Waals surface area (Å²) in [4.78, 5) is 2.68. The second-order valence-electron chi connectivity index (χ2n) is 3.25. The van der Waals surface area contributed by atoms with Crippen LogP contribution in [0, 0.1) is 11.3 Å². The van der Waals surface area contributed by atoms with Crippen molar-refractivity contribution in [1.29, 1.82) is 5.26 Å². The van der Waals surface area contributed by atoms with E-state index in [0.717, 1.165) is 5.56 Å². The lowest BCUT2D eigenvalue weighted by atomic mass is 10.1. The fourth-order valence-electron chi connectivity index (χ4n) is 1.36. The van der Waals surface area contributed by atoms with Crippen molar-refractivity contribution < 1.29 is 4.74 Å². The number of hydrogen-bond acceptors (Lipinski definition) is 3. The SMILES string of the molecule is N#CCOC[C@H](Br)[C@H](N=[N+]=[N-])c1ccccc1. The number of alkyl halides is 1. The van der Waals surface area contributed by atoms with Crippen molar-refractivity contribution in [3.8, 4) is 6.07 Å². The van der Waals surface area contributed by atoms with Crippen LogP contribution in [0.3, 0.4) is 0 Å². The second-order valence-corrected chi connectivity index (χ2v) is 4.43. The van der Waals surface area contributed by atoms with Crippen molar-refractivity contribution in [2.24, 2.45) is 5.11 Å². The Morgan fingerprint density at radius 3 is 2.76 bits per heavy atom. The Balaban J connectivity index is 2.73. The molecule has 17 heavy (non-hydrogen) atoms. The van der Waals surface area contributed by atoms with Crippen LogP contribution >= 0.6 is 15.9 Å². The fraction of sp³-hybridized carbons (Fsp3) is 0.364. The smallest absolute Gasteiger partial charge is 0.133 e. The molecule has 0 fully saturated rings. The van der Waals surface area contributed by atoms with Crippen molar-refractivity contribution in [3.63, 3.8) is 0 Å². The number of azide groups is 1. The number of ether oxygens (including phenoxy) is 1. The molecule has 1 aromatic rings. The van der Waals surface area contributed by atoms with Crippen LogP contribution in [0.2, 0.25) is 0 Å².